The Hall–Kier alpha value is -1.53. The van der Waals surface area contributed by atoms with E-state index in [1.165, 1.54) is 24.3 Å². The first kappa shape index (κ1) is 15.9. The average Bonchev–Trinajstić information content (AvgIpc) is 2.37. The van der Waals surface area contributed by atoms with Crippen LogP contribution in [0.1, 0.15) is 25.5 Å². The standard InChI is InChI=1S/C14H14ClFN2O2S/c1-8(2)11-13(21(3,19)20)12(18-14(15)17-11)9-4-6-10(16)7-5-9/h4-8H,1-3H3. The van der Waals surface area contributed by atoms with Gasteiger partial charge in [0.25, 0.3) is 0 Å². The maximum Gasteiger partial charge on any atom is 0.223 e. The summed E-state index contributed by atoms with van der Waals surface area (Å²) in [5.41, 5.74) is 1.03. The number of sulfone groups is 1. The molecule has 0 unspecified atom stereocenters. The van der Waals surface area contributed by atoms with Gasteiger partial charge in [-0.25, -0.2) is 22.8 Å². The van der Waals surface area contributed by atoms with Crippen LogP contribution in [0.2, 0.25) is 5.28 Å². The minimum atomic E-state index is -3.56. The Morgan fingerprint density at radius 2 is 1.71 bits per heavy atom. The van der Waals surface area contributed by atoms with Crippen LogP contribution >= 0.6 is 11.6 Å². The lowest BCUT2D eigenvalue weighted by Crippen LogP contribution is -2.10. The molecule has 0 atom stereocenters. The Kier molecular flexibility index (Phi) is 4.30. The fourth-order valence-corrected chi connectivity index (χ4v) is 3.35. The molecule has 1 aromatic carbocycles. The van der Waals surface area contributed by atoms with Gasteiger partial charge in [-0.15, -0.1) is 0 Å². The second-order valence-electron chi connectivity index (χ2n) is 4.99. The second kappa shape index (κ2) is 5.69. The highest BCUT2D eigenvalue weighted by Gasteiger charge is 2.25. The first-order valence-electron chi connectivity index (χ1n) is 6.23. The summed E-state index contributed by atoms with van der Waals surface area (Å²) in [4.78, 5) is 8.11. The Bertz CT molecular complexity index is 774. The van der Waals surface area contributed by atoms with Crippen LogP contribution in [0, 0.1) is 5.82 Å². The van der Waals surface area contributed by atoms with Gasteiger partial charge in [0.15, 0.2) is 9.84 Å². The number of aromatic nitrogens is 2. The molecule has 2 rings (SSSR count). The number of benzene rings is 1. The zero-order valence-corrected chi connectivity index (χ0v) is 13.3. The quantitative estimate of drug-likeness (QED) is 0.809. The van der Waals surface area contributed by atoms with Crippen molar-refractivity contribution in [2.24, 2.45) is 0 Å². The molecule has 0 aliphatic rings. The maximum absolute atomic E-state index is 13.0. The van der Waals surface area contributed by atoms with Crippen molar-refractivity contribution in [2.45, 2.75) is 24.7 Å². The van der Waals surface area contributed by atoms with Gasteiger partial charge in [0.1, 0.15) is 10.7 Å². The van der Waals surface area contributed by atoms with E-state index in [0.29, 0.717) is 11.3 Å². The van der Waals surface area contributed by atoms with Gasteiger partial charge in [0.05, 0.1) is 11.4 Å². The van der Waals surface area contributed by atoms with E-state index in [-0.39, 0.29) is 21.8 Å². The zero-order chi connectivity index (χ0) is 15.8. The van der Waals surface area contributed by atoms with Crippen LogP contribution in [-0.4, -0.2) is 24.6 Å². The van der Waals surface area contributed by atoms with Gasteiger partial charge < -0.3 is 0 Å². The topological polar surface area (TPSA) is 59.9 Å². The third kappa shape index (κ3) is 3.39. The summed E-state index contributed by atoms with van der Waals surface area (Å²) in [6.45, 7) is 3.64. The Morgan fingerprint density at radius 3 is 2.19 bits per heavy atom. The molecule has 0 saturated carbocycles. The highest BCUT2D eigenvalue weighted by atomic mass is 35.5. The molecule has 0 saturated heterocycles. The summed E-state index contributed by atoms with van der Waals surface area (Å²) in [5, 5.41) is -0.0366. The van der Waals surface area contributed by atoms with Crippen LogP contribution < -0.4 is 0 Å². The normalized spacial score (nSPS) is 11.9. The van der Waals surface area contributed by atoms with Crippen LogP contribution in [0.3, 0.4) is 0 Å². The lowest BCUT2D eigenvalue weighted by Gasteiger charge is -2.14. The molecule has 1 heterocycles. The Balaban J connectivity index is 2.84. The van der Waals surface area contributed by atoms with E-state index in [1.807, 2.05) is 13.8 Å². The molecule has 4 nitrogen and oxygen atoms in total. The molecular formula is C14H14ClFN2O2S. The fourth-order valence-electron chi connectivity index (χ4n) is 2.00. The second-order valence-corrected chi connectivity index (χ2v) is 7.28. The number of hydrogen-bond donors (Lipinski definition) is 0. The zero-order valence-electron chi connectivity index (χ0n) is 11.8. The average molecular weight is 329 g/mol. The van der Waals surface area contributed by atoms with Crippen LogP contribution in [0.15, 0.2) is 29.2 Å². The van der Waals surface area contributed by atoms with Crippen molar-refractivity contribution in [3.05, 3.63) is 41.1 Å². The minimum absolute atomic E-state index is 0.0357. The van der Waals surface area contributed by atoms with Crippen LogP contribution in [0.5, 0.6) is 0 Å². The lowest BCUT2D eigenvalue weighted by atomic mass is 10.1. The van der Waals surface area contributed by atoms with Crippen LogP contribution in [-0.2, 0) is 9.84 Å². The molecule has 0 bridgehead atoms. The summed E-state index contributed by atoms with van der Waals surface area (Å²) in [6, 6.07) is 5.42. The summed E-state index contributed by atoms with van der Waals surface area (Å²) in [7, 11) is -3.56. The predicted molar refractivity (Wildman–Crippen MR) is 79.6 cm³/mol. The number of nitrogens with zero attached hydrogens (tertiary/aromatic N) is 2. The van der Waals surface area contributed by atoms with Crippen molar-refractivity contribution in [3.63, 3.8) is 0 Å². The summed E-state index contributed by atoms with van der Waals surface area (Å²) < 4.78 is 37.3. The van der Waals surface area contributed by atoms with Crippen LogP contribution in [0.25, 0.3) is 11.3 Å². The van der Waals surface area contributed by atoms with Gasteiger partial charge in [-0.3, -0.25) is 0 Å². The molecule has 21 heavy (non-hydrogen) atoms. The van der Waals surface area contributed by atoms with Crippen molar-refractivity contribution in [2.75, 3.05) is 6.26 Å². The lowest BCUT2D eigenvalue weighted by molar-refractivity contribution is 0.598. The first-order chi connectivity index (χ1) is 9.70. The Morgan fingerprint density at radius 1 is 1.14 bits per heavy atom. The van der Waals surface area contributed by atoms with Gasteiger partial charge in [-0.05, 0) is 41.8 Å². The summed E-state index contributed by atoms with van der Waals surface area (Å²) >= 11 is 5.91. The maximum atomic E-state index is 13.0. The third-order valence-electron chi connectivity index (χ3n) is 2.90. The van der Waals surface area contributed by atoms with Crippen molar-refractivity contribution >= 4 is 21.4 Å². The predicted octanol–water partition coefficient (Wildman–Crippen LogP) is 3.46. The molecule has 112 valence electrons. The van der Waals surface area contributed by atoms with Gasteiger partial charge in [-0.2, -0.15) is 0 Å². The molecule has 1 aromatic heterocycles. The highest BCUT2D eigenvalue weighted by molar-refractivity contribution is 7.90. The minimum Gasteiger partial charge on any atom is -0.224 e. The van der Waals surface area contributed by atoms with Crippen LogP contribution in [0.4, 0.5) is 4.39 Å². The molecule has 7 heteroatoms. The van der Waals surface area contributed by atoms with E-state index >= 15 is 0 Å². The van der Waals surface area contributed by atoms with Gasteiger partial charge in [0.2, 0.25) is 5.28 Å². The van der Waals surface area contributed by atoms with Gasteiger partial charge in [0, 0.05) is 11.8 Å². The largest absolute Gasteiger partial charge is 0.224 e. The monoisotopic (exact) mass is 328 g/mol. The van der Waals surface area contributed by atoms with Gasteiger partial charge in [-0.1, -0.05) is 13.8 Å². The molecule has 0 aliphatic carbocycles. The van der Waals surface area contributed by atoms with E-state index in [1.54, 1.807) is 0 Å². The van der Waals surface area contributed by atoms with E-state index in [0.717, 1.165) is 6.26 Å². The van der Waals surface area contributed by atoms with E-state index in [2.05, 4.69) is 9.97 Å². The summed E-state index contributed by atoms with van der Waals surface area (Å²) in [6.07, 6.45) is 1.10. The molecule has 0 amide bonds. The third-order valence-corrected chi connectivity index (χ3v) is 4.21. The number of hydrogen-bond acceptors (Lipinski definition) is 4. The van der Waals surface area contributed by atoms with Crippen molar-refractivity contribution in [3.8, 4) is 11.3 Å². The molecule has 0 aliphatic heterocycles. The highest BCUT2D eigenvalue weighted by Crippen LogP contribution is 2.32. The fraction of sp³-hybridized carbons (Fsp3) is 0.286. The van der Waals surface area contributed by atoms with Crippen molar-refractivity contribution in [1.82, 2.24) is 9.97 Å². The van der Waals surface area contributed by atoms with Crippen molar-refractivity contribution < 1.29 is 12.8 Å². The first-order valence-corrected chi connectivity index (χ1v) is 8.50. The molecule has 0 N–H and O–H groups in total. The Labute approximate surface area is 127 Å². The van der Waals surface area contributed by atoms with E-state index < -0.39 is 15.7 Å². The molecule has 2 aromatic rings. The molecular weight excluding hydrogens is 315 g/mol. The smallest absolute Gasteiger partial charge is 0.223 e. The number of halogens is 2. The van der Waals surface area contributed by atoms with E-state index in [9.17, 15) is 12.8 Å². The number of rotatable bonds is 3. The molecule has 0 fully saturated rings. The van der Waals surface area contributed by atoms with E-state index in [4.69, 9.17) is 11.6 Å². The SMILES string of the molecule is CC(C)c1nc(Cl)nc(-c2ccc(F)cc2)c1S(C)(=O)=O. The molecule has 0 spiro atoms. The summed E-state index contributed by atoms with van der Waals surface area (Å²) in [5.74, 6) is -0.557. The van der Waals surface area contributed by atoms with Crippen molar-refractivity contribution in [1.29, 1.82) is 0 Å². The van der Waals surface area contributed by atoms with Gasteiger partial charge >= 0.3 is 0 Å². The molecule has 0 radical (unpaired) electrons.